The number of carbonyl (C=O) groups is 1. The molecule has 0 saturated carbocycles. The SMILES string of the molecule is CC(Sc1nc2sc3c(c2c(=O)n1CCCN(C)C)CCCC3)C(=O)Nc1ccccc1C#N. The first-order valence-electron chi connectivity index (χ1n) is 11.6. The summed E-state index contributed by atoms with van der Waals surface area (Å²) >= 11 is 2.92. The van der Waals surface area contributed by atoms with E-state index in [0.29, 0.717) is 23.0 Å². The Hall–Kier alpha value is -2.67. The van der Waals surface area contributed by atoms with Crippen molar-refractivity contribution in [1.82, 2.24) is 14.5 Å². The number of thiophene rings is 1. The van der Waals surface area contributed by atoms with Crippen LogP contribution in [0.25, 0.3) is 10.2 Å². The number of aromatic nitrogens is 2. The summed E-state index contributed by atoms with van der Waals surface area (Å²) in [6.45, 7) is 3.21. The first kappa shape index (κ1) is 24.5. The highest BCUT2D eigenvalue weighted by atomic mass is 32.2. The average molecular weight is 496 g/mol. The van der Waals surface area contributed by atoms with Crippen molar-refractivity contribution < 1.29 is 4.79 Å². The van der Waals surface area contributed by atoms with Crippen LogP contribution >= 0.6 is 23.1 Å². The maximum atomic E-state index is 13.7. The van der Waals surface area contributed by atoms with E-state index in [1.54, 1.807) is 47.1 Å². The van der Waals surface area contributed by atoms with E-state index < -0.39 is 5.25 Å². The van der Waals surface area contributed by atoms with Crippen LogP contribution in [0.1, 0.15) is 42.2 Å². The van der Waals surface area contributed by atoms with Gasteiger partial charge in [-0.2, -0.15) is 5.26 Å². The van der Waals surface area contributed by atoms with Crippen molar-refractivity contribution in [3.05, 3.63) is 50.6 Å². The fourth-order valence-corrected chi connectivity index (χ4v) is 6.42. The number of nitrogens with zero attached hydrogens (tertiary/aromatic N) is 4. The van der Waals surface area contributed by atoms with Gasteiger partial charge in [-0.3, -0.25) is 14.2 Å². The molecule has 1 unspecified atom stereocenters. The Morgan fingerprint density at radius 1 is 1.32 bits per heavy atom. The fraction of sp³-hybridized carbons (Fsp3) is 0.440. The number of para-hydroxylation sites is 1. The number of rotatable bonds is 8. The number of anilines is 1. The highest BCUT2D eigenvalue weighted by Crippen LogP contribution is 2.35. The third-order valence-electron chi connectivity index (χ3n) is 5.98. The number of benzene rings is 1. The zero-order valence-corrected chi connectivity index (χ0v) is 21.4. The average Bonchev–Trinajstić information content (AvgIpc) is 3.19. The Morgan fingerprint density at radius 3 is 2.85 bits per heavy atom. The first-order valence-corrected chi connectivity index (χ1v) is 13.2. The van der Waals surface area contributed by atoms with Crippen LogP contribution in [0.3, 0.4) is 0 Å². The summed E-state index contributed by atoms with van der Waals surface area (Å²) in [6.07, 6.45) is 5.02. The molecule has 1 N–H and O–H groups in total. The molecular weight excluding hydrogens is 466 g/mol. The molecule has 7 nitrogen and oxygen atoms in total. The number of hydrogen-bond donors (Lipinski definition) is 1. The normalized spacial score (nSPS) is 14.1. The van der Waals surface area contributed by atoms with E-state index in [-0.39, 0.29) is 11.5 Å². The Bertz CT molecular complexity index is 1310. The van der Waals surface area contributed by atoms with Crippen LogP contribution in [0, 0.1) is 11.3 Å². The summed E-state index contributed by atoms with van der Waals surface area (Å²) in [7, 11) is 4.03. The minimum Gasteiger partial charge on any atom is -0.324 e. The van der Waals surface area contributed by atoms with Crippen LogP contribution in [-0.2, 0) is 24.2 Å². The molecule has 1 aromatic carbocycles. The predicted octanol–water partition coefficient (Wildman–Crippen LogP) is 4.28. The number of nitrogens with one attached hydrogen (secondary N) is 1. The topological polar surface area (TPSA) is 91.0 Å². The van der Waals surface area contributed by atoms with Crippen LogP contribution in [-0.4, -0.2) is 46.2 Å². The van der Waals surface area contributed by atoms with Gasteiger partial charge in [-0.05, 0) is 77.4 Å². The van der Waals surface area contributed by atoms with Crippen LogP contribution in [0.5, 0.6) is 0 Å². The van der Waals surface area contributed by atoms with Gasteiger partial charge < -0.3 is 10.2 Å². The van der Waals surface area contributed by atoms with E-state index in [9.17, 15) is 14.9 Å². The molecule has 2 heterocycles. The Balaban J connectivity index is 1.65. The van der Waals surface area contributed by atoms with Gasteiger partial charge in [-0.15, -0.1) is 11.3 Å². The molecule has 0 bridgehead atoms. The maximum absolute atomic E-state index is 13.7. The standard InChI is InChI=1S/C25H29N5O2S2/c1-16(22(31)27-19-11-6-4-9-17(19)15-26)33-25-28-23-21(18-10-5-7-12-20(18)34-23)24(32)30(25)14-8-13-29(2)3/h4,6,9,11,16H,5,7-8,10,12-14H2,1-3H3,(H,27,31). The van der Waals surface area contributed by atoms with E-state index in [0.717, 1.165) is 48.9 Å². The second kappa shape index (κ2) is 10.7. The summed E-state index contributed by atoms with van der Waals surface area (Å²) in [4.78, 5) is 35.7. The maximum Gasteiger partial charge on any atom is 0.263 e. The monoisotopic (exact) mass is 495 g/mol. The van der Waals surface area contributed by atoms with E-state index in [1.165, 1.54) is 22.2 Å². The number of nitriles is 1. The second-order valence-electron chi connectivity index (χ2n) is 8.81. The van der Waals surface area contributed by atoms with Gasteiger partial charge in [0.25, 0.3) is 5.56 Å². The molecule has 2 aromatic heterocycles. The number of aryl methyl sites for hydroxylation is 2. The number of hydrogen-bond acceptors (Lipinski definition) is 7. The van der Waals surface area contributed by atoms with Crippen molar-refractivity contribution in [2.75, 3.05) is 26.0 Å². The zero-order valence-electron chi connectivity index (χ0n) is 19.8. The van der Waals surface area contributed by atoms with E-state index >= 15 is 0 Å². The predicted molar refractivity (Wildman–Crippen MR) is 139 cm³/mol. The molecule has 1 aliphatic carbocycles. The first-order chi connectivity index (χ1) is 16.4. The van der Waals surface area contributed by atoms with Gasteiger partial charge in [0.05, 0.1) is 21.9 Å². The van der Waals surface area contributed by atoms with Crippen molar-refractivity contribution in [2.45, 2.75) is 56.0 Å². The lowest BCUT2D eigenvalue weighted by Crippen LogP contribution is -2.28. The number of fused-ring (bicyclic) bond motifs is 3. The lowest BCUT2D eigenvalue weighted by molar-refractivity contribution is -0.115. The molecular formula is C25H29N5O2S2. The molecule has 9 heteroatoms. The van der Waals surface area contributed by atoms with Gasteiger partial charge in [-0.1, -0.05) is 23.9 Å². The molecule has 34 heavy (non-hydrogen) atoms. The molecule has 1 atom stereocenters. The molecule has 4 rings (SSSR count). The molecule has 0 aliphatic heterocycles. The number of carbonyl (C=O) groups excluding carboxylic acids is 1. The Kier molecular flexibility index (Phi) is 7.71. The highest BCUT2D eigenvalue weighted by molar-refractivity contribution is 8.00. The second-order valence-corrected chi connectivity index (χ2v) is 11.2. The van der Waals surface area contributed by atoms with Crippen molar-refractivity contribution in [3.8, 4) is 6.07 Å². The largest absolute Gasteiger partial charge is 0.324 e. The minimum atomic E-state index is -0.495. The van der Waals surface area contributed by atoms with Gasteiger partial charge in [0, 0.05) is 11.4 Å². The van der Waals surface area contributed by atoms with Crippen LogP contribution in [0.15, 0.2) is 34.2 Å². The van der Waals surface area contributed by atoms with Gasteiger partial charge in [0.15, 0.2) is 5.16 Å². The summed E-state index contributed by atoms with van der Waals surface area (Å²) < 4.78 is 1.76. The van der Waals surface area contributed by atoms with Crippen molar-refractivity contribution in [2.24, 2.45) is 0 Å². The third-order valence-corrected chi connectivity index (χ3v) is 8.26. The summed E-state index contributed by atoms with van der Waals surface area (Å²) in [6, 6.07) is 9.03. The van der Waals surface area contributed by atoms with Gasteiger partial charge in [0.2, 0.25) is 5.91 Å². The molecule has 3 aromatic rings. The van der Waals surface area contributed by atoms with Gasteiger partial charge in [0.1, 0.15) is 10.9 Å². The zero-order chi connectivity index (χ0) is 24.2. The molecule has 0 saturated heterocycles. The van der Waals surface area contributed by atoms with Gasteiger partial charge >= 0.3 is 0 Å². The molecule has 0 spiro atoms. The Labute approximate surface area is 207 Å². The summed E-state index contributed by atoms with van der Waals surface area (Å²) in [5.41, 5.74) is 2.09. The molecule has 0 radical (unpaired) electrons. The molecule has 1 amide bonds. The lowest BCUT2D eigenvalue weighted by atomic mass is 9.97. The minimum absolute atomic E-state index is 0.00749. The van der Waals surface area contributed by atoms with E-state index in [4.69, 9.17) is 4.98 Å². The van der Waals surface area contributed by atoms with Gasteiger partial charge in [-0.25, -0.2) is 4.98 Å². The highest BCUT2D eigenvalue weighted by Gasteiger charge is 2.24. The lowest BCUT2D eigenvalue weighted by Gasteiger charge is -2.17. The molecule has 178 valence electrons. The number of amides is 1. The molecule has 1 aliphatic rings. The summed E-state index contributed by atoms with van der Waals surface area (Å²) in [5.74, 6) is -0.229. The quantitative estimate of drug-likeness (QED) is 0.371. The number of thioether (sulfide) groups is 1. The molecule has 0 fully saturated rings. The van der Waals surface area contributed by atoms with Crippen molar-refractivity contribution in [1.29, 1.82) is 5.26 Å². The smallest absolute Gasteiger partial charge is 0.263 e. The fourth-order valence-electron chi connectivity index (χ4n) is 4.19. The summed E-state index contributed by atoms with van der Waals surface area (Å²) in [5, 5.41) is 13.0. The third kappa shape index (κ3) is 5.19. The Morgan fingerprint density at radius 2 is 2.09 bits per heavy atom. The van der Waals surface area contributed by atoms with Crippen molar-refractivity contribution in [3.63, 3.8) is 0 Å². The van der Waals surface area contributed by atoms with E-state index in [2.05, 4.69) is 16.3 Å². The van der Waals surface area contributed by atoms with E-state index in [1.807, 2.05) is 14.1 Å². The van der Waals surface area contributed by atoms with Crippen molar-refractivity contribution >= 4 is 44.9 Å². The van der Waals surface area contributed by atoms with Crippen LogP contribution < -0.4 is 10.9 Å². The van der Waals surface area contributed by atoms with Crippen LogP contribution in [0.2, 0.25) is 0 Å². The van der Waals surface area contributed by atoms with Crippen LogP contribution in [0.4, 0.5) is 5.69 Å².